The fourth-order valence-corrected chi connectivity index (χ4v) is 3.07. The van der Waals surface area contributed by atoms with Crippen LogP contribution in [-0.4, -0.2) is 64.7 Å². The van der Waals surface area contributed by atoms with E-state index in [1.165, 1.54) is 5.56 Å². The van der Waals surface area contributed by atoms with E-state index in [1.807, 2.05) is 19.9 Å². The van der Waals surface area contributed by atoms with Crippen molar-refractivity contribution in [1.29, 1.82) is 0 Å². The van der Waals surface area contributed by atoms with Gasteiger partial charge >= 0.3 is 0 Å². The quantitative estimate of drug-likeness (QED) is 0.175. The zero-order valence-corrected chi connectivity index (χ0v) is 20.9. The Morgan fingerprint density at radius 1 is 1.13 bits per heavy atom. The van der Waals surface area contributed by atoms with Gasteiger partial charge in [-0.3, -0.25) is 4.99 Å². The summed E-state index contributed by atoms with van der Waals surface area (Å²) < 4.78 is 22.4. The predicted octanol–water partition coefficient (Wildman–Crippen LogP) is 3.40. The molecule has 0 aliphatic carbocycles. The van der Waals surface area contributed by atoms with E-state index in [0.29, 0.717) is 13.2 Å². The van der Waals surface area contributed by atoms with Gasteiger partial charge in [-0.2, -0.15) is 0 Å². The molecule has 1 fully saturated rings. The van der Waals surface area contributed by atoms with Crippen LogP contribution in [0.4, 0.5) is 0 Å². The molecule has 0 bridgehead atoms. The largest absolute Gasteiger partial charge is 0.490 e. The van der Waals surface area contributed by atoms with Gasteiger partial charge in [0.2, 0.25) is 0 Å². The molecule has 1 aromatic carbocycles. The fourth-order valence-electron chi connectivity index (χ4n) is 3.07. The van der Waals surface area contributed by atoms with Crippen molar-refractivity contribution < 1.29 is 18.9 Å². The van der Waals surface area contributed by atoms with Crippen molar-refractivity contribution in [2.24, 2.45) is 4.99 Å². The van der Waals surface area contributed by atoms with Gasteiger partial charge < -0.3 is 29.6 Å². The molecule has 1 aliphatic heterocycles. The van der Waals surface area contributed by atoms with Crippen LogP contribution in [-0.2, 0) is 15.9 Å². The zero-order valence-electron chi connectivity index (χ0n) is 18.6. The maximum atomic E-state index is 5.78. The Morgan fingerprint density at radius 3 is 2.63 bits per heavy atom. The van der Waals surface area contributed by atoms with Crippen LogP contribution in [0.25, 0.3) is 0 Å². The van der Waals surface area contributed by atoms with Crippen molar-refractivity contribution in [3.05, 3.63) is 23.8 Å². The average Bonchev–Trinajstić information content (AvgIpc) is 3.23. The minimum atomic E-state index is 0. The first-order valence-corrected chi connectivity index (χ1v) is 10.9. The number of ether oxygens (including phenoxy) is 4. The molecule has 2 rings (SSSR count). The van der Waals surface area contributed by atoms with Crippen molar-refractivity contribution in [3.8, 4) is 11.5 Å². The second kappa shape index (κ2) is 16.4. The van der Waals surface area contributed by atoms with Gasteiger partial charge in [0.15, 0.2) is 17.5 Å². The minimum Gasteiger partial charge on any atom is -0.490 e. The summed E-state index contributed by atoms with van der Waals surface area (Å²) in [6.07, 6.45) is 3.05. The summed E-state index contributed by atoms with van der Waals surface area (Å²) in [4.78, 5) is 4.63. The Hall–Kier alpha value is -1.26. The summed E-state index contributed by atoms with van der Waals surface area (Å²) in [5.74, 6) is 2.44. The maximum absolute atomic E-state index is 5.78. The van der Waals surface area contributed by atoms with E-state index < -0.39 is 0 Å². The van der Waals surface area contributed by atoms with Gasteiger partial charge in [-0.1, -0.05) is 6.07 Å². The second-order valence-corrected chi connectivity index (χ2v) is 6.79. The molecule has 7 nitrogen and oxygen atoms in total. The summed E-state index contributed by atoms with van der Waals surface area (Å²) in [6, 6.07) is 6.13. The molecule has 0 amide bonds. The minimum absolute atomic E-state index is 0. The van der Waals surface area contributed by atoms with Crippen molar-refractivity contribution in [1.82, 2.24) is 10.6 Å². The normalized spacial score (nSPS) is 16.1. The van der Waals surface area contributed by atoms with E-state index in [2.05, 4.69) is 34.7 Å². The van der Waals surface area contributed by atoms with Gasteiger partial charge in [0.25, 0.3) is 0 Å². The van der Waals surface area contributed by atoms with Crippen LogP contribution in [0.2, 0.25) is 0 Å². The molecule has 1 atom stereocenters. The van der Waals surface area contributed by atoms with E-state index in [-0.39, 0.29) is 30.1 Å². The van der Waals surface area contributed by atoms with Crippen molar-refractivity contribution in [3.63, 3.8) is 0 Å². The Morgan fingerprint density at radius 2 is 1.93 bits per heavy atom. The van der Waals surface area contributed by atoms with Crippen LogP contribution in [0.5, 0.6) is 11.5 Å². The van der Waals surface area contributed by atoms with E-state index in [4.69, 9.17) is 18.9 Å². The number of nitrogens with one attached hydrogen (secondary N) is 2. The molecular weight excluding hydrogens is 497 g/mol. The second-order valence-electron chi connectivity index (χ2n) is 6.79. The summed E-state index contributed by atoms with van der Waals surface area (Å²) in [5, 5.41) is 6.69. The van der Waals surface area contributed by atoms with Crippen LogP contribution in [0.1, 0.15) is 39.2 Å². The van der Waals surface area contributed by atoms with Crippen molar-refractivity contribution >= 4 is 29.9 Å². The molecule has 1 aliphatic rings. The van der Waals surface area contributed by atoms with Gasteiger partial charge in [0, 0.05) is 32.8 Å². The first-order valence-electron chi connectivity index (χ1n) is 10.9. The third-order valence-electron chi connectivity index (χ3n) is 4.47. The number of hydrogen-bond acceptors (Lipinski definition) is 5. The summed E-state index contributed by atoms with van der Waals surface area (Å²) in [6.45, 7) is 11.9. The van der Waals surface area contributed by atoms with Gasteiger partial charge in [0.05, 0.1) is 25.9 Å². The number of aliphatic imine (C=N–C) groups is 1. The first kappa shape index (κ1) is 26.8. The Bertz CT molecular complexity index is 610. The van der Waals surface area contributed by atoms with Gasteiger partial charge in [-0.15, -0.1) is 24.0 Å². The molecule has 1 aromatic rings. The van der Waals surface area contributed by atoms with Crippen LogP contribution in [0.3, 0.4) is 0 Å². The van der Waals surface area contributed by atoms with Crippen LogP contribution in [0, 0.1) is 0 Å². The van der Waals surface area contributed by atoms with Crippen molar-refractivity contribution in [2.45, 2.75) is 46.1 Å². The Labute approximate surface area is 198 Å². The first-order chi connectivity index (χ1) is 14.3. The van der Waals surface area contributed by atoms with Crippen molar-refractivity contribution in [2.75, 3.05) is 52.7 Å². The number of benzene rings is 1. The highest BCUT2D eigenvalue weighted by Gasteiger charge is 2.15. The SMILES string of the molecule is CCNC(=NCCCOC1CCOC1)NCCc1ccc(OCC)c(OCC)c1.I. The van der Waals surface area contributed by atoms with E-state index in [9.17, 15) is 0 Å². The monoisotopic (exact) mass is 535 g/mol. The van der Waals surface area contributed by atoms with Gasteiger partial charge in [-0.25, -0.2) is 0 Å². The lowest BCUT2D eigenvalue weighted by atomic mass is 10.1. The molecular formula is C22H38IN3O4. The molecule has 172 valence electrons. The molecule has 1 saturated heterocycles. The topological polar surface area (TPSA) is 73.3 Å². The highest BCUT2D eigenvalue weighted by atomic mass is 127. The lowest BCUT2D eigenvalue weighted by Crippen LogP contribution is -2.38. The molecule has 8 heteroatoms. The predicted molar refractivity (Wildman–Crippen MR) is 132 cm³/mol. The van der Waals surface area contributed by atoms with Crippen LogP contribution in [0.15, 0.2) is 23.2 Å². The third-order valence-corrected chi connectivity index (χ3v) is 4.47. The zero-order chi connectivity index (χ0) is 20.7. The standard InChI is InChI=1S/C22H37N3O4.HI/c1-4-23-22(24-12-7-14-29-19-11-15-26-17-19)25-13-10-18-8-9-20(27-5-2)21(16-18)28-6-3;/h8-9,16,19H,4-7,10-15,17H2,1-3H3,(H2,23,24,25);1H. The summed E-state index contributed by atoms with van der Waals surface area (Å²) >= 11 is 0. The summed E-state index contributed by atoms with van der Waals surface area (Å²) in [7, 11) is 0. The highest BCUT2D eigenvalue weighted by molar-refractivity contribution is 14.0. The maximum Gasteiger partial charge on any atom is 0.191 e. The molecule has 1 heterocycles. The van der Waals surface area contributed by atoms with E-state index in [1.54, 1.807) is 0 Å². The van der Waals surface area contributed by atoms with Crippen LogP contribution >= 0.6 is 24.0 Å². The lowest BCUT2D eigenvalue weighted by molar-refractivity contribution is 0.0424. The van der Waals surface area contributed by atoms with Gasteiger partial charge in [0.1, 0.15) is 0 Å². The van der Waals surface area contributed by atoms with E-state index >= 15 is 0 Å². The molecule has 0 aromatic heterocycles. The Kier molecular flexibility index (Phi) is 14.7. The fraction of sp³-hybridized carbons (Fsp3) is 0.682. The number of guanidine groups is 1. The number of hydrogen-bond donors (Lipinski definition) is 2. The molecule has 2 N–H and O–H groups in total. The smallest absolute Gasteiger partial charge is 0.191 e. The third kappa shape index (κ3) is 10.2. The van der Waals surface area contributed by atoms with Gasteiger partial charge in [-0.05, 0) is 57.7 Å². The Balaban J connectivity index is 0.00000450. The van der Waals surface area contributed by atoms with E-state index in [0.717, 1.165) is 76.2 Å². The molecule has 0 spiro atoms. The lowest BCUT2D eigenvalue weighted by Gasteiger charge is -2.14. The van der Waals surface area contributed by atoms with Crippen LogP contribution < -0.4 is 20.1 Å². The highest BCUT2D eigenvalue weighted by Crippen LogP contribution is 2.28. The molecule has 0 radical (unpaired) electrons. The average molecular weight is 535 g/mol. The number of rotatable bonds is 13. The molecule has 0 saturated carbocycles. The molecule has 1 unspecified atom stereocenters. The molecule has 30 heavy (non-hydrogen) atoms. The summed E-state index contributed by atoms with van der Waals surface area (Å²) in [5.41, 5.74) is 1.20. The number of halogens is 1. The number of nitrogens with zero attached hydrogens (tertiary/aromatic N) is 1.